The average molecular weight is 461 g/mol. The van der Waals surface area contributed by atoms with Crippen molar-refractivity contribution in [2.24, 2.45) is 5.92 Å². The summed E-state index contributed by atoms with van der Waals surface area (Å²) in [5.74, 6) is 0.711. The van der Waals surface area contributed by atoms with E-state index in [9.17, 15) is 4.79 Å². The molecule has 1 N–H and O–H groups in total. The van der Waals surface area contributed by atoms with Gasteiger partial charge in [0.05, 0.1) is 17.1 Å². The SMILES string of the molecule is Cc1cc2c(cc1-c1cc(C)c3ncnn3c1)[nH]c(=O)n2C1CCCN(CC2CCOCC2)C1. The molecule has 2 aliphatic rings. The highest BCUT2D eigenvalue weighted by molar-refractivity contribution is 5.84. The van der Waals surface area contributed by atoms with E-state index in [2.05, 4.69) is 52.0 Å². The van der Waals surface area contributed by atoms with Crippen molar-refractivity contribution < 1.29 is 4.74 Å². The molecule has 2 aliphatic heterocycles. The van der Waals surface area contributed by atoms with Crippen LogP contribution in [-0.4, -0.2) is 61.9 Å². The summed E-state index contributed by atoms with van der Waals surface area (Å²) in [4.78, 5) is 23.2. The predicted molar refractivity (Wildman–Crippen MR) is 132 cm³/mol. The summed E-state index contributed by atoms with van der Waals surface area (Å²) < 4.78 is 9.36. The number of imidazole rings is 1. The second-order valence-corrected chi connectivity index (χ2v) is 10.0. The van der Waals surface area contributed by atoms with E-state index in [4.69, 9.17) is 4.74 Å². The second-order valence-electron chi connectivity index (χ2n) is 10.0. The number of ether oxygens (including phenoxy) is 1. The zero-order valence-electron chi connectivity index (χ0n) is 20.0. The van der Waals surface area contributed by atoms with Crippen molar-refractivity contribution in [3.8, 4) is 11.1 Å². The third-order valence-corrected chi connectivity index (χ3v) is 7.64. The molecule has 6 rings (SSSR count). The number of pyridine rings is 1. The van der Waals surface area contributed by atoms with E-state index >= 15 is 0 Å². The molecule has 0 bridgehead atoms. The molecule has 5 heterocycles. The van der Waals surface area contributed by atoms with Gasteiger partial charge in [0.1, 0.15) is 6.33 Å². The van der Waals surface area contributed by atoms with E-state index in [1.54, 1.807) is 6.33 Å². The molecule has 8 heteroatoms. The maximum absolute atomic E-state index is 13.1. The van der Waals surface area contributed by atoms with Crippen molar-refractivity contribution in [3.05, 3.63) is 52.3 Å². The van der Waals surface area contributed by atoms with Gasteiger partial charge in [-0.25, -0.2) is 14.3 Å². The molecule has 178 valence electrons. The molecule has 4 aromatic rings. The number of H-pyrrole nitrogens is 1. The fourth-order valence-corrected chi connectivity index (χ4v) is 5.89. The number of piperidine rings is 1. The van der Waals surface area contributed by atoms with E-state index in [0.29, 0.717) is 5.92 Å². The minimum Gasteiger partial charge on any atom is -0.381 e. The molecule has 0 aliphatic carbocycles. The summed E-state index contributed by atoms with van der Waals surface area (Å²) >= 11 is 0. The molecule has 1 unspecified atom stereocenters. The Hall–Kier alpha value is -2.97. The van der Waals surface area contributed by atoms with Crippen LogP contribution in [0.15, 0.2) is 35.5 Å². The number of nitrogens with zero attached hydrogens (tertiary/aromatic N) is 5. The molecule has 3 aromatic heterocycles. The topological polar surface area (TPSA) is 80.5 Å². The van der Waals surface area contributed by atoms with Gasteiger partial charge >= 0.3 is 5.69 Å². The maximum Gasteiger partial charge on any atom is 0.326 e. The van der Waals surface area contributed by atoms with Crippen LogP contribution in [0, 0.1) is 19.8 Å². The summed E-state index contributed by atoms with van der Waals surface area (Å²) in [6.07, 6.45) is 8.05. The van der Waals surface area contributed by atoms with Gasteiger partial charge in [0.25, 0.3) is 0 Å². The van der Waals surface area contributed by atoms with Crippen LogP contribution >= 0.6 is 0 Å². The van der Waals surface area contributed by atoms with E-state index < -0.39 is 0 Å². The lowest BCUT2D eigenvalue weighted by molar-refractivity contribution is 0.0459. The molecule has 0 radical (unpaired) electrons. The van der Waals surface area contributed by atoms with Gasteiger partial charge in [0, 0.05) is 38.1 Å². The fourth-order valence-electron chi connectivity index (χ4n) is 5.89. The lowest BCUT2D eigenvalue weighted by atomic mass is 9.97. The van der Waals surface area contributed by atoms with Gasteiger partial charge in [-0.2, -0.15) is 5.10 Å². The molecule has 1 atom stereocenters. The highest BCUT2D eigenvalue weighted by Gasteiger charge is 2.27. The maximum atomic E-state index is 13.1. The Balaban J connectivity index is 1.32. The van der Waals surface area contributed by atoms with Crippen LogP contribution in [0.5, 0.6) is 0 Å². The van der Waals surface area contributed by atoms with Gasteiger partial charge in [-0.15, -0.1) is 0 Å². The first-order valence-corrected chi connectivity index (χ1v) is 12.4. The normalized spacial score (nSPS) is 20.5. The van der Waals surface area contributed by atoms with E-state index in [-0.39, 0.29) is 11.7 Å². The zero-order chi connectivity index (χ0) is 23.2. The van der Waals surface area contributed by atoms with E-state index in [1.165, 1.54) is 0 Å². The fraction of sp³-hybridized carbons (Fsp3) is 0.500. The average Bonchev–Trinajstić information content (AvgIpc) is 3.43. The molecule has 1 aromatic carbocycles. The number of rotatable bonds is 4. The third kappa shape index (κ3) is 3.84. The summed E-state index contributed by atoms with van der Waals surface area (Å²) in [7, 11) is 0. The lowest BCUT2D eigenvalue weighted by Gasteiger charge is -2.36. The zero-order valence-corrected chi connectivity index (χ0v) is 20.0. The van der Waals surface area contributed by atoms with Crippen LogP contribution in [0.1, 0.15) is 42.9 Å². The highest BCUT2D eigenvalue weighted by Crippen LogP contribution is 2.31. The number of benzene rings is 1. The number of aryl methyl sites for hydroxylation is 2. The second kappa shape index (κ2) is 8.67. The Kier molecular flexibility index (Phi) is 5.50. The standard InChI is InChI=1S/C26H32N6O2/c1-17-11-24-23(12-22(17)20-10-18(2)25-27-16-28-31(25)14-20)29-26(33)32(24)21-4-3-7-30(15-21)13-19-5-8-34-9-6-19/h10-12,14,16,19,21H,3-9,13,15H2,1-2H3,(H,29,33). The van der Waals surface area contributed by atoms with Gasteiger partial charge in [0.2, 0.25) is 0 Å². The monoisotopic (exact) mass is 460 g/mol. The minimum absolute atomic E-state index is 0.00706. The van der Waals surface area contributed by atoms with Crippen molar-refractivity contribution in [1.29, 1.82) is 0 Å². The van der Waals surface area contributed by atoms with Crippen molar-refractivity contribution in [1.82, 2.24) is 29.0 Å². The van der Waals surface area contributed by atoms with Crippen molar-refractivity contribution >= 4 is 16.7 Å². The van der Waals surface area contributed by atoms with Gasteiger partial charge < -0.3 is 14.6 Å². The minimum atomic E-state index is -0.00706. The van der Waals surface area contributed by atoms with Crippen LogP contribution in [0.4, 0.5) is 0 Å². The molecule has 2 saturated heterocycles. The van der Waals surface area contributed by atoms with Gasteiger partial charge in [-0.3, -0.25) is 4.57 Å². The van der Waals surface area contributed by atoms with Crippen LogP contribution in [-0.2, 0) is 4.74 Å². The number of aromatic amines is 1. The first-order chi connectivity index (χ1) is 16.6. The number of fused-ring (bicyclic) bond motifs is 2. The number of nitrogens with one attached hydrogen (secondary N) is 1. The highest BCUT2D eigenvalue weighted by atomic mass is 16.5. The Morgan fingerprint density at radius 1 is 1.12 bits per heavy atom. The van der Waals surface area contributed by atoms with E-state index in [0.717, 1.165) is 97.5 Å². The Bertz CT molecular complexity index is 1390. The molecule has 8 nitrogen and oxygen atoms in total. The Morgan fingerprint density at radius 3 is 2.82 bits per heavy atom. The van der Waals surface area contributed by atoms with Crippen LogP contribution in [0.3, 0.4) is 0 Å². The van der Waals surface area contributed by atoms with Gasteiger partial charge in [-0.1, -0.05) is 0 Å². The molecule has 2 fully saturated rings. The molecule has 0 saturated carbocycles. The van der Waals surface area contributed by atoms with Crippen molar-refractivity contribution in [3.63, 3.8) is 0 Å². The first-order valence-electron chi connectivity index (χ1n) is 12.4. The van der Waals surface area contributed by atoms with Gasteiger partial charge in [0.15, 0.2) is 5.65 Å². The first kappa shape index (κ1) is 21.6. The molecule has 0 amide bonds. The van der Waals surface area contributed by atoms with Gasteiger partial charge in [-0.05, 0) is 86.9 Å². The molecular weight excluding hydrogens is 428 g/mol. The Morgan fingerprint density at radius 2 is 1.97 bits per heavy atom. The van der Waals surface area contributed by atoms with Crippen molar-refractivity contribution in [2.45, 2.75) is 45.6 Å². The third-order valence-electron chi connectivity index (χ3n) is 7.64. The van der Waals surface area contributed by atoms with Crippen LogP contribution in [0.2, 0.25) is 0 Å². The largest absolute Gasteiger partial charge is 0.381 e. The number of hydrogen-bond acceptors (Lipinski definition) is 5. The molecular formula is C26H32N6O2. The predicted octanol–water partition coefficient (Wildman–Crippen LogP) is 3.72. The number of likely N-dealkylation sites (tertiary alicyclic amines) is 1. The molecule has 34 heavy (non-hydrogen) atoms. The number of aromatic nitrogens is 5. The summed E-state index contributed by atoms with van der Waals surface area (Å²) in [6.45, 7) is 9.12. The smallest absolute Gasteiger partial charge is 0.326 e. The lowest BCUT2D eigenvalue weighted by Crippen LogP contribution is -2.42. The quantitative estimate of drug-likeness (QED) is 0.502. The van der Waals surface area contributed by atoms with Crippen LogP contribution in [0.25, 0.3) is 27.8 Å². The van der Waals surface area contributed by atoms with Crippen molar-refractivity contribution in [2.75, 3.05) is 32.8 Å². The van der Waals surface area contributed by atoms with Crippen LogP contribution < -0.4 is 5.69 Å². The summed E-state index contributed by atoms with van der Waals surface area (Å²) in [6, 6.07) is 6.63. The summed E-state index contributed by atoms with van der Waals surface area (Å²) in [5, 5.41) is 4.32. The summed E-state index contributed by atoms with van der Waals surface area (Å²) in [5.41, 5.74) is 7.15. The number of hydrogen-bond donors (Lipinski definition) is 1. The molecule has 0 spiro atoms. The Labute approximate surface area is 198 Å². The van der Waals surface area contributed by atoms with E-state index in [1.807, 2.05) is 15.3 Å².